The highest BCUT2D eigenvalue weighted by Gasteiger charge is 2.15. The summed E-state index contributed by atoms with van der Waals surface area (Å²) in [6, 6.07) is 7.90. The molecule has 1 aliphatic rings. The number of aliphatic imine (C=N–C) groups is 1. The zero-order valence-corrected chi connectivity index (χ0v) is 22.7. The maximum absolute atomic E-state index is 5.20. The summed E-state index contributed by atoms with van der Waals surface area (Å²) in [7, 11) is 1.66. The number of allylic oxidation sites excluding steroid dienone is 2. The van der Waals surface area contributed by atoms with Crippen molar-refractivity contribution in [1.82, 2.24) is 4.98 Å². The van der Waals surface area contributed by atoms with Crippen molar-refractivity contribution in [3.05, 3.63) is 59.1 Å². The van der Waals surface area contributed by atoms with E-state index < -0.39 is 0 Å². The smallest absolute Gasteiger partial charge is 0.118 e. The van der Waals surface area contributed by atoms with Gasteiger partial charge >= 0.3 is 0 Å². The largest absolute Gasteiger partial charge is 0.497 e. The van der Waals surface area contributed by atoms with Crippen LogP contribution in [-0.2, 0) is 0 Å². The number of benzene rings is 1. The topological polar surface area (TPSA) is 34.5 Å². The molecule has 1 fully saturated rings. The number of rotatable bonds is 9. The van der Waals surface area contributed by atoms with Crippen LogP contribution in [0.2, 0.25) is 0 Å². The van der Waals surface area contributed by atoms with Crippen molar-refractivity contribution >= 4 is 17.0 Å². The molecule has 2 aromatic rings. The highest BCUT2D eigenvalue weighted by Crippen LogP contribution is 2.30. The Morgan fingerprint density at radius 3 is 2.21 bits per heavy atom. The molecule has 0 radical (unpaired) electrons. The third kappa shape index (κ3) is 11.5. The van der Waals surface area contributed by atoms with Gasteiger partial charge in [-0.2, -0.15) is 0 Å². The molecule has 0 saturated heterocycles. The molecule has 1 aromatic carbocycles. The van der Waals surface area contributed by atoms with Crippen LogP contribution in [-0.4, -0.2) is 17.8 Å². The fraction of sp³-hybridized carbons (Fsp3) is 0.517. The van der Waals surface area contributed by atoms with Gasteiger partial charge in [0.15, 0.2) is 0 Å². The number of methoxy groups -OCH3 is 1. The van der Waals surface area contributed by atoms with Crippen LogP contribution in [0.5, 0.6) is 5.75 Å². The number of ether oxygens (including phenoxy) is 1. The minimum Gasteiger partial charge on any atom is -0.497 e. The second-order valence-electron chi connectivity index (χ2n) is 8.70. The van der Waals surface area contributed by atoms with E-state index in [1.165, 1.54) is 38.5 Å². The Balaban J connectivity index is 0.000000371. The summed E-state index contributed by atoms with van der Waals surface area (Å²) in [5.74, 6) is 2.88. The first-order valence-electron chi connectivity index (χ1n) is 12.3. The maximum atomic E-state index is 5.20. The Bertz CT molecular complexity index is 854. The Kier molecular flexibility index (Phi) is 14.3. The molecular weight excluding hydrogens is 424 g/mol. The van der Waals surface area contributed by atoms with Gasteiger partial charge < -0.3 is 4.74 Å². The van der Waals surface area contributed by atoms with Gasteiger partial charge in [0.25, 0.3) is 0 Å². The van der Waals surface area contributed by atoms with E-state index in [1.807, 2.05) is 50.3 Å². The number of thiazole rings is 1. The molecule has 0 amide bonds. The summed E-state index contributed by atoms with van der Waals surface area (Å²) in [4.78, 5) is 10.1. The van der Waals surface area contributed by atoms with Crippen LogP contribution in [0.25, 0.3) is 11.3 Å². The lowest BCUT2D eigenvalue weighted by Crippen LogP contribution is -1.96. The van der Waals surface area contributed by atoms with Gasteiger partial charge in [-0.3, -0.25) is 4.99 Å². The minimum absolute atomic E-state index is 0.834. The number of hydrogen-bond donors (Lipinski definition) is 0. The second-order valence-corrected chi connectivity index (χ2v) is 9.90. The third-order valence-electron chi connectivity index (χ3n) is 5.31. The van der Waals surface area contributed by atoms with Gasteiger partial charge in [0.2, 0.25) is 0 Å². The van der Waals surface area contributed by atoms with E-state index in [4.69, 9.17) is 4.74 Å². The summed E-state index contributed by atoms with van der Waals surface area (Å²) in [6.07, 6.45) is 14.0. The molecule has 4 heteroatoms. The summed E-state index contributed by atoms with van der Waals surface area (Å²) >= 11 is 1.63. The normalized spacial score (nSPS) is 13.3. The fourth-order valence-corrected chi connectivity index (χ4v) is 4.19. The summed E-state index contributed by atoms with van der Waals surface area (Å²) in [6.45, 7) is 16.8. The molecule has 1 saturated carbocycles. The zero-order chi connectivity index (χ0) is 24.6. The van der Waals surface area contributed by atoms with Gasteiger partial charge in [-0.15, -0.1) is 11.3 Å². The van der Waals surface area contributed by atoms with Gasteiger partial charge in [-0.05, 0) is 56.0 Å². The Labute approximate surface area is 206 Å². The summed E-state index contributed by atoms with van der Waals surface area (Å²) < 4.78 is 5.20. The van der Waals surface area contributed by atoms with Gasteiger partial charge in [0.1, 0.15) is 5.75 Å². The average Bonchev–Trinajstić information content (AvgIpc) is 3.49. The molecule has 1 heterocycles. The van der Waals surface area contributed by atoms with Gasteiger partial charge in [-0.25, -0.2) is 4.98 Å². The molecule has 0 spiro atoms. The van der Waals surface area contributed by atoms with E-state index in [9.17, 15) is 0 Å². The summed E-state index contributed by atoms with van der Waals surface area (Å²) in [5.41, 5.74) is 2.87. The van der Waals surface area contributed by atoms with Crippen LogP contribution in [0.3, 0.4) is 0 Å². The van der Waals surface area contributed by atoms with E-state index >= 15 is 0 Å². The van der Waals surface area contributed by atoms with Crippen molar-refractivity contribution in [1.29, 1.82) is 0 Å². The molecule has 182 valence electrons. The van der Waals surface area contributed by atoms with Crippen LogP contribution in [0.15, 0.2) is 54.2 Å². The van der Waals surface area contributed by atoms with E-state index in [1.54, 1.807) is 24.6 Å². The lowest BCUT2D eigenvalue weighted by molar-refractivity contribution is 0.415. The predicted octanol–water partition coefficient (Wildman–Crippen LogP) is 9.27. The second kappa shape index (κ2) is 16.4. The number of aromatic nitrogens is 1. The molecule has 1 aromatic heterocycles. The third-order valence-corrected chi connectivity index (χ3v) is 6.31. The Morgan fingerprint density at radius 2 is 1.79 bits per heavy atom. The minimum atomic E-state index is 0.834. The molecule has 0 atom stereocenters. The van der Waals surface area contributed by atoms with Gasteiger partial charge in [0.05, 0.1) is 28.4 Å². The van der Waals surface area contributed by atoms with Crippen molar-refractivity contribution in [2.75, 3.05) is 7.11 Å². The number of nitrogens with zero attached hydrogens (tertiary/aromatic N) is 2. The van der Waals surface area contributed by atoms with Crippen LogP contribution in [0.1, 0.15) is 83.0 Å². The van der Waals surface area contributed by atoms with E-state index in [2.05, 4.69) is 44.3 Å². The van der Waals surface area contributed by atoms with Crippen molar-refractivity contribution < 1.29 is 4.74 Å². The first kappa shape index (κ1) is 28.8. The lowest BCUT2D eigenvalue weighted by atomic mass is 10.0. The van der Waals surface area contributed by atoms with Gasteiger partial charge in [-0.1, -0.05) is 78.9 Å². The van der Waals surface area contributed by atoms with E-state index in [-0.39, 0.29) is 0 Å². The lowest BCUT2D eigenvalue weighted by Gasteiger charge is -2.05. The molecule has 0 unspecified atom stereocenters. The monoisotopic (exact) mass is 468 g/mol. The van der Waals surface area contributed by atoms with Crippen LogP contribution >= 0.6 is 11.3 Å². The molecule has 0 bridgehead atoms. The molecule has 3 rings (SSSR count). The first-order chi connectivity index (χ1) is 15.9. The average molecular weight is 469 g/mol. The SMILES string of the molecule is C=CN=C(/C=C\C)c1sc(C)nc1-c1ccc(OC)cc1.CC1CC1.CCCC(C)CCC. The predicted molar refractivity (Wildman–Crippen MR) is 148 cm³/mol. The Hall–Kier alpha value is -2.20. The number of aryl methyl sites for hydroxylation is 1. The van der Waals surface area contributed by atoms with E-state index in [0.717, 1.165) is 44.4 Å². The molecule has 0 N–H and O–H groups in total. The van der Waals surface area contributed by atoms with Gasteiger partial charge in [0, 0.05) is 11.8 Å². The zero-order valence-electron chi connectivity index (χ0n) is 21.9. The van der Waals surface area contributed by atoms with Crippen molar-refractivity contribution in [3.63, 3.8) is 0 Å². The van der Waals surface area contributed by atoms with Crippen molar-refractivity contribution in [3.8, 4) is 17.0 Å². The number of hydrogen-bond acceptors (Lipinski definition) is 4. The highest BCUT2D eigenvalue weighted by molar-refractivity contribution is 7.14. The molecule has 0 aliphatic heterocycles. The summed E-state index contributed by atoms with van der Waals surface area (Å²) in [5, 5.41) is 1.01. The van der Waals surface area contributed by atoms with Crippen LogP contribution in [0.4, 0.5) is 0 Å². The maximum Gasteiger partial charge on any atom is 0.118 e. The highest BCUT2D eigenvalue weighted by atomic mass is 32.1. The van der Waals surface area contributed by atoms with Crippen LogP contribution < -0.4 is 4.74 Å². The quantitative estimate of drug-likeness (QED) is 0.344. The van der Waals surface area contributed by atoms with Crippen molar-refractivity contribution in [2.24, 2.45) is 16.8 Å². The first-order valence-corrected chi connectivity index (χ1v) is 13.1. The molecule has 33 heavy (non-hydrogen) atoms. The van der Waals surface area contributed by atoms with Crippen LogP contribution in [0, 0.1) is 18.8 Å². The van der Waals surface area contributed by atoms with E-state index in [0.29, 0.717) is 0 Å². The molecule has 3 nitrogen and oxygen atoms in total. The molecular formula is C29H44N2OS. The van der Waals surface area contributed by atoms with Crippen molar-refractivity contribution in [2.45, 2.75) is 80.1 Å². The molecule has 1 aliphatic carbocycles. The standard InChI is InChI=1S/C17H18N2OS.C8H18.C4H8/c1-5-7-15(18-6-2)17-16(19-12(3)21-17)13-8-10-14(20-4)11-9-13;1-4-6-8(3)7-5-2;1-4-2-3-4/h5-11H,2H2,1,3-4H3;8H,4-7H2,1-3H3;4H,2-3H2,1H3/b7-5-,18-15?;;. The fourth-order valence-electron chi connectivity index (χ4n) is 3.28. The Morgan fingerprint density at radius 1 is 1.21 bits per heavy atom.